The number of benzene rings is 2. The van der Waals surface area contributed by atoms with Gasteiger partial charge in [0.2, 0.25) is 5.91 Å². The van der Waals surface area contributed by atoms with E-state index in [2.05, 4.69) is 10.3 Å². The minimum atomic E-state index is -0.433. The van der Waals surface area contributed by atoms with Gasteiger partial charge in [-0.05, 0) is 31.5 Å². The Morgan fingerprint density at radius 1 is 1.06 bits per heavy atom. The Morgan fingerprint density at radius 3 is 2.55 bits per heavy atom. The van der Waals surface area contributed by atoms with Crippen molar-refractivity contribution in [2.45, 2.75) is 33.2 Å². The Balaban J connectivity index is 1.69. The van der Waals surface area contributed by atoms with Crippen LogP contribution in [0.2, 0.25) is 0 Å². The Labute approximate surface area is 180 Å². The van der Waals surface area contributed by atoms with Crippen molar-refractivity contribution < 1.29 is 14.3 Å². The molecule has 7 heteroatoms. The van der Waals surface area contributed by atoms with Gasteiger partial charge in [0.15, 0.2) is 0 Å². The summed E-state index contributed by atoms with van der Waals surface area (Å²) in [4.78, 5) is 41.6. The SMILES string of the molecule is CCCCOC(=O)c1cccc(NC(=O)Cn2c(C)nc(-c3ccccc3)cc2=O)c1. The van der Waals surface area contributed by atoms with E-state index < -0.39 is 11.9 Å². The Hall–Kier alpha value is -3.74. The molecule has 160 valence electrons. The number of esters is 1. The second kappa shape index (κ2) is 10.3. The van der Waals surface area contributed by atoms with Crippen molar-refractivity contribution in [2.75, 3.05) is 11.9 Å². The molecular weight excluding hydrogens is 394 g/mol. The normalized spacial score (nSPS) is 10.5. The third-order valence-electron chi connectivity index (χ3n) is 4.68. The first-order valence-corrected chi connectivity index (χ1v) is 10.2. The van der Waals surface area contributed by atoms with Gasteiger partial charge in [0.25, 0.3) is 5.56 Å². The summed E-state index contributed by atoms with van der Waals surface area (Å²) in [5.41, 5.74) is 1.90. The molecule has 3 aromatic rings. The van der Waals surface area contributed by atoms with Gasteiger partial charge in [0.05, 0.1) is 17.9 Å². The highest BCUT2D eigenvalue weighted by Gasteiger charge is 2.12. The topological polar surface area (TPSA) is 90.3 Å². The Kier molecular flexibility index (Phi) is 7.32. The first kappa shape index (κ1) is 22.0. The van der Waals surface area contributed by atoms with Crippen LogP contribution in [-0.4, -0.2) is 28.0 Å². The molecule has 0 bridgehead atoms. The van der Waals surface area contributed by atoms with Crippen LogP contribution in [0, 0.1) is 6.92 Å². The van der Waals surface area contributed by atoms with Gasteiger partial charge in [-0.15, -0.1) is 0 Å². The van der Waals surface area contributed by atoms with Crippen LogP contribution in [0.5, 0.6) is 0 Å². The van der Waals surface area contributed by atoms with Gasteiger partial charge in [-0.3, -0.25) is 14.2 Å². The van der Waals surface area contributed by atoms with Crippen LogP contribution in [0.3, 0.4) is 0 Å². The van der Waals surface area contributed by atoms with E-state index in [-0.39, 0.29) is 12.1 Å². The lowest BCUT2D eigenvalue weighted by Crippen LogP contribution is -2.29. The minimum Gasteiger partial charge on any atom is -0.462 e. The third kappa shape index (κ3) is 5.88. The number of rotatable bonds is 8. The van der Waals surface area contributed by atoms with Crippen molar-refractivity contribution in [1.82, 2.24) is 9.55 Å². The molecule has 0 saturated heterocycles. The van der Waals surface area contributed by atoms with Crippen molar-refractivity contribution in [3.05, 3.63) is 82.4 Å². The van der Waals surface area contributed by atoms with Crippen molar-refractivity contribution in [3.8, 4) is 11.3 Å². The zero-order valence-corrected chi connectivity index (χ0v) is 17.6. The Morgan fingerprint density at radius 2 is 1.84 bits per heavy atom. The third-order valence-corrected chi connectivity index (χ3v) is 4.68. The minimum absolute atomic E-state index is 0.183. The summed E-state index contributed by atoms with van der Waals surface area (Å²) in [5.74, 6) is -0.386. The molecular formula is C24H25N3O4. The molecule has 0 aliphatic heterocycles. The summed E-state index contributed by atoms with van der Waals surface area (Å²) in [6.07, 6.45) is 1.73. The van der Waals surface area contributed by atoms with E-state index in [9.17, 15) is 14.4 Å². The maximum Gasteiger partial charge on any atom is 0.338 e. The van der Waals surface area contributed by atoms with Crippen LogP contribution >= 0.6 is 0 Å². The fraction of sp³-hybridized carbons (Fsp3) is 0.250. The van der Waals surface area contributed by atoms with E-state index in [1.807, 2.05) is 37.3 Å². The maximum absolute atomic E-state index is 12.6. The van der Waals surface area contributed by atoms with Gasteiger partial charge >= 0.3 is 5.97 Å². The van der Waals surface area contributed by atoms with E-state index in [0.29, 0.717) is 29.4 Å². The molecule has 31 heavy (non-hydrogen) atoms. The highest BCUT2D eigenvalue weighted by atomic mass is 16.5. The second-order valence-corrected chi connectivity index (χ2v) is 7.10. The smallest absolute Gasteiger partial charge is 0.338 e. The molecule has 0 spiro atoms. The van der Waals surface area contributed by atoms with Gasteiger partial charge in [0.1, 0.15) is 12.4 Å². The number of carbonyl (C=O) groups is 2. The summed E-state index contributed by atoms with van der Waals surface area (Å²) >= 11 is 0. The van der Waals surface area contributed by atoms with E-state index in [1.165, 1.54) is 10.6 Å². The molecule has 2 aromatic carbocycles. The predicted octanol–water partition coefficient (Wildman–Crippen LogP) is 3.81. The predicted molar refractivity (Wildman–Crippen MR) is 119 cm³/mol. The van der Waals surface area contributed by atoms with Crippen LogP contribution in [0.4, 0.5) is 5.69 Å². The van der Waals surface area contributed by atoms with Gasteiger partial charge in [-0.25, -0.2) is 9.78 Å². The zero-order chi connectivity index (χ0) is 22.2. The summed E-state index contributed by atoms with van der Waals surface area (Å²) < 4.78 is 6.51. The van der Waals surface area contributed by atoms with E-state index >= 15 is 0 Å². The standard InChI is InChI=1S/C24H25N3O4/c1-3-4-13-31-24(30)19-11-8-12-20(14-19)26-22(28)16-27-17(2)25-21(15-23(27)29)18-9-6-5-7-10-18/h5-12,14-15H,3-4,13,16H2,1-2H3,(H,26,28). The highest BCUT2D eigenvalue weighted by molar-refractivity contribution is 5.94. The lowest BCUT2D eigenvalue weighted by atomic mass is 10.1. The molecule has 1 amide bonds. The Bertz CT molecular complexity index is 1120. The maximum atomic E-state index is 12.6. The van der Waals surface area contributed by atoms with Crippen LogP contribution in [-0.2, 0) is 16.1 Å². The largest absolute Gasteiger partial charge is 0.462 e. The molecule has 0 fully saturated rings. The van der Waals surface area contributed by atoms with Gasteiger partial charge in [-0.1, -0.05) is 49.7 Å². The van der Waals surface area contributed by atoms with Gasteiger partial charge in [-0.2, -0.15) is 0 Å². The number of nitrogens with one attached hydrogen (secondary N) is 1. The lowest BCUT2D eigenvalue weighted by molar-refractivity contribution is -0.116. The number of amides is 1. The van der Waals surface area contributed by atoms with Crippen molar-refractivity contribution in [1.29, 1.82) is 0 Å². The fourth-order valence-electron chi connectivity index (χ4n) is 3.03. The van der Waals surface area contributed by atoms with Crippen LogP contribution < -0.4 is 10.9 Å². The number of nitrogens with zero attached hydrogens (tertiary/aromatic N) is 2. The summed E-state index contributed by atoms with van der Waals surface area (Å²) in [5, 5.41) is 2.72. The number of hydrogen-bond acceptors (Lipinski definition) is 5. The number of anilines is 1. The molecule has 0 atom stereocenters. The quantitative estimate of drug-likeness (QED) is 0.443. The zero-order valence-electron chi connectivity index (χ0n) is 17.6. The van der Waals surface area contributed by atoms with Crippen LogP contribution in [0.25, 0.3) is 11.3 Å². The molecule has 0 saturated carbocycles. The lowest BCUT2D eigenvalue weighted by Gasteiger charge is -2.12. The number of hydrogen-bond donors (Lipinski definition) is 1. The second-order valence-electron chi connectivity index (χ2n) is 7.10. The number of carbonyl (C=O) groups excluding carboxylic acids is 2. The summed E-state index contributed by atoms with van der Waals surface area (Å²) in [6, 6.07) is 17.3. The number of aryl methyl sites for hydroxylation is 1. The molecule has 0 aliphatic carbocycles. The molecule has 3 rings (SSSR count). The van der Waals surface area contributed by atoms with E-state index in [4.69, 9.17) is 4.74 Å². The molecule has 1 heterocycles. The van der Waals surface area contributed by atoms with Gasteiger partial charge in [0, 0.05) is 17.3 Å². The number of aromatic nitrogens is 2. The first-order valence-electron chi connectivity index (χ1n) is 10.2. The average molecular weight is 419 g/mol. The fourth-order valence-corrected chi connectivity index (χ4v) is 3.03. The molecule has 0 unspecified atom stereocenters. The van der Waals surface area contributed by atoms with Crippen LogP contribution in [0.15, 0.2) is 65.5 Å². The van der Waals surface area contributed by atoms with Crippen molar-refractivity contribution in [2.24, 2.45) is 0 Å². The number of unbranched alkanes of at least 4 members (excludes halogenated alkanes) is 1. The molecule has 0 aliphatic rings. The van der Waals surface area contributed by atoms with E-state index in [0.717, 1.165) is 18.4 Å². The van der Waals surface area contributed by atoms with Crippen LogP contribution in [0.1, 0.15) is 35.9 Å². The molecule has 7 nitrogen and oxygen atoms in total. The average Bonchev–Trinajstić information content (AvgIpc) is 2.77. The monoisotopic (exact) mass is 419 g/mol. The first-order chi connectivity index (χ1) is 15.0. The molecule has 0 radical (unpaired) electrons. The van der Waals surface area contributed by atoms with Crippen molar-refractivity contribution >= 4 is 17.6 Å². The molecule has 1 aromatic heterocycles. The number of ether oxygens (including phenoxy) is 1. The van der Waals surface area contributed by atoms with E-state index in [1.54, 1.807) is 31.2 Å². The summed E-state index contributed by atoms with van der Waals surface area (Å²) in [6.45, 7) is 3.88. The summed E-state index contributed by atoms with van der Waals surface area (Å²) in [7, 11) is 0. The highest BCUT2D eigenvalue weighted by Crippen LogP contribution is 2.15. The molecule has 1 N–H and O–H groups in total. The van der Waals surface area contributed by atoms with Gasteiger partial charge < -0.3 is 10.1 Å². The van der Waals surface area contributed by atoms with Crippen molar-refractivity contribution in [3.63, 3.8) is 0 Å².